The Labute approximate surface area is 108 Å². The van der Waals surface area contributed by atoms with E-state index in [0.717, 1.165) is 19.3 Å². The van der Waals surface area contributed by atoms with Crippen molar-refractivity contribution in [2.24, 2.45) is 0 Å². The van der Waals surface area contributed by atoms with Crippen LogP contribution in [0.15, 0.2) is 12.1 Å². The van der Waals surface area contributed by atoms with Crippen LogP contribution in [-0.2, 0) is 4.79 Å². The molecule has 0 atom stereocenters. The molecular weight excluding hydrogens is 262 g/mol. The summed E-state index contributed by atoms with van der Waals surface area (Å²) in [4.78, 5) is 23.2. The predicted molar refractivity (Wildman–Crippen MR) is 65.6 cm³/mol. The van der Waals surface area contributed by atoms with Crippen LogP contribution in [0, 0.1) is 0 Å². The SMILES string of the molecule is O=C(O)CC1(NC(=O)c2ccc(Cl)s2)CCC1. The Morgan fingerprint density at radius 3 is 2.59 bits per heavy atom. The van der Waals surface area contributed by atoms with Crippen LogP contribution < -0.4 is 5.32 Å². The van der Waals surface area contributed by atoms with Crippen molar-refractivity contribution in [3.05, 3.63) is 21.3 Å². The van der Waals surface area contributed by atoms with Crippen molar-refractivity contribution in [2.75, 3.05) is 0 Å². The highest BCUT2D eigenvalue weighted by atomic mass is 35.5. The van der Waals surface area contributed by atoms with E-state index >= 15 is 0 Å². The number of aliphatic carboxylic acids is 1. The van der Waals surface area contributed by atoms with E-state index in [4.69, 9.17) is 16.7 Å². The third-order valence-electron chi connectivity index (χ3n) is 2.98. The molecule has 1 amide bonds. The van der Waals surface area contributed by atoms with Gasteiger partial charge in [-0.25, -0.2) is 0 Å². The van der Waals surface area contributed by atoms with E-state index in [2.05, 4.69) is 5.32 Å². The molecule has 0 aliphatic heterocycles. The molecular formula is C11H12ClNO3S. The molecule has 1 saturated carbocycles. The van der Waals surface area contributed by atoms with E-state index in [-0.39, 0.29) is 12.3 Å². The van der Waals surface area contributed by atoms with Crippen molar-refractivity contribution < 1.29 is 14.7 Å². The summed E-state index contributed by atoms with van der Waals surface area (Å²) in [5, 5.41) is 11.7. The van der Waals surface area contributed by atoms with Crippen molar-refractivity contribution in [2.45, 2.75) is 31.2 Å². The Balaban J connectivity index is 2.04. The molecule has 0 aromatic carbocycles. The van der Waals surface area contributed by atoms with Crippen LogP contribution in [0.5, 0.6) is 0 Å². The largest absolute Gasteiger partial charge is 0.481 e. The van der Waals surface area contributed by atoms with E-state index in [1.54, 1.807) is 12.1 Å². The molecule has 0 bridgehead atoms. The summed E-state index contributed by atoms with van der Waals surface area (Å²) in [6.45, 7) is 0. The highest BCUT2D eigenvalue weighted by Crippen LogP contribution is 2.35. The van der Waals surface area contributed by atoms with Gasteiger partial charge in [-0.3, -0.25) is 9.59 Å². The Morgan fingerprint density at radius 2 is 2.18 bits per heavy atom. The number of hydrogen-bond acceptors (Lipinski definition) is 3. The fourth-order valence-electron chi connectivity index (χ4n) is 1.98. The van der Waals surface area contributed by atoms with Gasteiger partial charge in [0.1, 0.15) is 0 Å². The van der Waals surface area contributed by atoms with Gasteiger partial charge in [-0.2, -0.15) is 0 Å². The molecule has 1 aliphatic rings. The summed E-state index contributed by atoms with van der Waals surface area (Å²) in [5.41, 5.74) is -0.556. The van der Waals surface area contributed by atoms with Gasteiger partial charge < -0.3 is 10.4 Å². The lowest BCUT2D eigenvalue weighted by atomic mass is 9.74. The third-order valence-corrected chi connectivity index (χ3v) is 4.21. The summed E-state index contributed by atoms with van der Waals surface area (Å²) < 4.78 is 0.552. The van der Waals surface area contributed by atoms with E-state index < -0.39 is 11.5 Å². The first-order valence-corrected chi connectivity index (χ1v) is 6.50. The second kappa shape index (κ2) is 4.66. The first-order chi connectivity index (χ1) is 8.01. The monoisotopic (exact) mass is 273 g/mol. The lowest BCUT2D eigenvalue weighted by molar-refractivity contribution is -0.139. The standard InChI is InChI=1S/C11H12ClNO3S/c12-8-3-2-7(17-8)10(16)13-11(4-1-5-11)6-9(14)15/h2-3H,1,4-6H2,(H,13,16)(H,14,15). The topological polar surface area (TPSA) is 66.4 Å². The molecule has 1 aliphatic carbocycles. The maximum Gasteiger partial charge on any atom is 0.305 e. The Kier molecular flexibility index (Phi) is 3.40. The molecule has 2 N–H and O–H groups in total. The van der Waals surface area contributed by atoms with Crippen LogP contribution in [-0.4, -0.2) is 22.5 Å². The molecule has 6 heteroatoms. The van der Waals surface area contributed by atoms with Crippen molar-refractivity contribution >= 4 is 34.8 Å². The average molecular weight is 274 g/mol. The fourth-order valence-corrected chi connectivity index (χ4v) is 2.92. The second-order valence-electron chi connectivity index (χ2n) is 4.26. The Hall–Kier alpha value is -1.07. The van der Waals surface area contributed by atoms with Crippen molar-refractivity contribution in [1.82, 2.24) is 5.32 Å². The molecule has 0 spiro atoms. The number of thiophene rings is 1. The zero-order valence-corrected chi connectivity index (χ0v) is 10.6. The number of nitrogens with one attached hydrogen (secondary N) is 1. The van der Waals surface area contributed by atoms with E-state index in [9.17, 15) is 9.59 Å². The summed E-state index contributed by atoms with van der Waals surface area (Å²) in [6.07, 6.45) is 2.39. The molecule has 1 aromatic rings. The zero-order chi connectivity index (χ0) is 12.5. The molecule has 4 nitrogen and oxygen atoms in total. The van der Waals surface area contributed by atoms with Crippen LogP contribution >= 0.6 is 22.9 Å². The number of halogens is 1. The smallest absolute Gasteiger partial charge is 0.305 e. The molecule has 0 unspecified atom stereocenters. The third kappa shape index (κ3) is 2.79. The van der Waals surface area contributed by atoms with Gasteiger partial charge in [0, 0.05) is 0 Å². The van der Waals surface area contributed by atoms with Crippen LogP contribution in [0.4, 0.5) is 0 Å². The molecule has 1 aromatic heterocycles. The molecule has 2 rings (SSSR count). The Bertz CT molecular complexity index is 453. The highest BCUT2D eigenvalue weighted by Gasteiger charge is 2.40. The summed E-state index contributed by atoms with van der Waals surface area (Å²) in [7, 11) is 0. The Morgan fingerprint density at radius 1 is 1.47 bits per heavy atom. The fraction of sp³-hybridized carbons (Fsp3) is 0.455. The van der Waals surface area contributed by atoms with E-state index in [0.29, 0.717) is 9.21 Å². The van der Waals surface area contributed by atoms with Gasteiger partial charge in [0.05, 0.1) is 21.2 Å². The zero-order valence-electron chi connectivity index (χ0n) is 9.03. The maximum atomic E-state index is 11.9. The van der Waals surface area contributed by atoms with E-state index in [1.807, 2.05) is 0 Å². The number of carboxylic acid groups (broad SMARTS) is 1. The highest BCUT2D eigenvalue weighted by molar-refractivity contribution is 7.18. The first-order valence-electron chi connectivity index (χ1n) is 5.30. The molecule has 1 heterocycles. The lowest BCUT2D eigenvalue weighted by Gasteiger charge is -2.41. The summed E-state index contributed by atoms with van der Waals surface area (Å²) in [5.74, 6) is -1.11. The van der Waals surface area contributed by atoms with Crippen LogP contribution in [0.3, 0.4) is 0 Å². The van der Waals surface area contributed by atoms with Crippen molar-refractivity contribution in [3.63, 3.8) is 0 Å². The number of rotatable bonds is 4. The number of hydrogen-bond donors (Lipinski definition) is 2. The van der Waals surface area contributed by atoms with Gasteiger partial charge in [0.2, 0.25) is 0 Å². The molecule has 17 heavy (non-hydrogen) atoms. The number of amides is 1. The summed E-state index contributed by atoms with van der Waals surface area (Å²) >= 11 is 6.95. The van der Waals surface area contributed by atoms with Gasteiger partial charge in [-0.1, -0.05) is 11.6 Å². The lowest BCUT2D eigenvalue weighted by Crippen LogP contribution is -2.54. The van der Waals surface area contributed by atoms with Gasteiger partial charge in [-0.15, -0.1) is 11.3 Å². The molecule has 0 saturated heterocycles. The minimum atomic E-state index is -0.880. The molecule has 0 radical (unpaired) electrons. The maximum absolute atomic E-state index is 11.9. The van der Waals surface area contributed by atoms with Gasteiger partial charge >= 0.3 is 5.97 Å². The number of carbonyl (C=O) groups is 2. The summed E-state index contributed by atoms with van der Waals surface area (Å²) in [6, 6.07) is 3.31. The van der Waals surface area contributed by atoms with Crippen molar-refractivity contribution in [1.29, 1.82) is 0 Å². The van der Waals surface area contributed by atoms with E-state index in [1.165, 1.54) is 11.3 Å². The van der Waals surface area contributed by atoms with Crippen LogP contribution in [0.1, 0.15) is 35.4 Å². The average Bonchev–Trinajstić information content (AvgIpc) is 2.60. The quantitative estimate of drug-likeness (QED) is 0.886. The number of carboxylic acids is 1. The number of carbonyl (C=O) groups excluding carboxylic acids is 1. The van der Waals surface area contributed by atoms with Crippen LogP contribution in [0.25, 0.3) is 0 Å². The van der Waals surface area contributed by atoms with Gasteiger partial charge in [0.15, 0.2) is 0 Å². The second-order valence-corrected chi connectivity index (χ2v) is 5.98. The van der Waals surface area contributed by atoms with Crippen molar-refractivity contribution in [3.8, 4) is 0 Å². The first kappa shape index (κ1) is 12.4. The normalized spacial score (nSPS) is 17.2. The van der Waals surface area contributed by atoms with Gasteiger partial charge in [-0.05, 0) is 31.4 Å². The minimum absolute atomic E-state index is 0.0160. The molecule has 1 fully saturated rings. The minimum Gasteiger partial charge on any atom is -0.481 e. The van der Waals surface area contributed by atoms with Gasteiger partial charge in [0.25, 0.3) is 5.91 Å². The predicted octanol–water partition coefficient (Wildman–Crippen LogP) is 2.53. The molecule has 92 valence electrons. The van der Waals surface area contributed by atoms with Crippen LogP contribution in [0.2, 0.25) is 4.34 Å².